The van der Waals surface area contributed by atoms with Crippen LogP contribution in [-0.2, 0) is 9.53 Å². The molecule has 0 fully saturated rings. The Morgan fingerprint density at radius 1 is 1.18 bits per heavy atom. The topological polar surface area (TPSA) is 26.3 Å². The predicted octanol–water partition coefficient (Wildman–Crippen LogP) is 2.87. The minimum absolute atomic E-state index is 0.000915. The maximum atomic E-state index is 11.6. The molecule has 0 saturated heterocycles. The molecule has 2 rings (SSSR count). The first-order valence-electron chi connectivity index (χ1n) is 5.68. The van der Waals surface area contributed by atoms with E-state index in [0.29, 0.717) is 0 Å². The van der Waals surface area contributed by atoms with Gasteiger partial charge in [0.05, 0.1) is 0 Å². The van der Waals surface area contributed by atoms with E-state index in [4.69, 9.17) is 4.74 Å². The van der Waals surface area contributed by atoms with Crippen molar-refractivity contribution in [1.29, 1.82) is 0 Å². The molecule has 88 valence electrons. The molecular formula is C15H16O2. The molecule has 0 unspecified atom stereocenters. The lowest BCUT2D eigenvalue weighted by atomic mass is 9.86. The molecule has 1 aromatic carbocycles. The largest absolute Gasteiger partial charge is 0.362 e. The third-order valence-electron chi connectivity index (χ3n) is 3.17. The molecule has 2 nitrogen and oxygen atoms in total. The van der Waals surface area contributed by atoms with Gasteiger partial charge >= 0.3 is 0 Å². The lowest BCUT2D eigenvalue weighted by Crippen LogP contribution is -2.36. The van der Waals surface area contributed by atoms with Crippen LogP contribution in [0.3, 0.4) is 0 Å². The first-order valence-corrected chi connectivity index (χ1v) is 5.68. The number of rotatable bonds is 3. The Bertz CT molecular complexity index is 443. The quantitative estimate of drug-likeness (QED) is 0.744. The van der Waals surface area contributed by atoms with Crippen molar-refractivity contribution in [2.75, 3.05) is 7.11 Å². The number of methoxy groups -OCH3 is 1. The summed E-state index contributed by atoms with van der Waals surface area (Å²) in [5, 5.41) is 0. The van der Waals surface area contributed by atoms with E-state index in [1.165, 1.54) is 5.56 Å². The average molecular weight is 228 g/mol. The maximum absolute atomic E-state index is 11.6. The van der Waals surface area contributed by atoms with Gasteiger partial charge in [-0.3, -0.25) is 4.79 Å². The van der Waals surface area contributed by atoms with Crippen LogP contribution in [0.4, 0.5) is 0 Å². The molecular weight excluding hydrogens is 212 g/mol. The standard InChI is InChI=1S/C15H16O2/c1-12(16)15(17-2)10-8-14(9-11-15)13-6-4-3-5-7-13/h3-11,14H,1-2H3. The van der Waals surface area contributed by atoms with Gasteiger partial charge in [0.15, 0.2) is 11.4 Å². The van der Waals surface area contributed by atoms with Crippen molar-refractivity contribution < 1.29 is 9.53 Å². The molecule has 0 aliphatic heterocycles. The number of hydrogen-bond donors (Lipinski definition) is 0. The molecule has 0 saturated carbocycles. The molecule has 0 radical (unpaired) electrons. The number of Topliss-reactive ketones (excluding diaryl/α,β-unsaturated/α-hetero) is 1. The molecule has 0 N–H and O–H groups in total. The minimum Gasteiger partial charge on any atom is -0.362 e. The summed E-state index contributed by atoms with van der Waals surface area (Å²) in [5.74, 6) is 0.220. The van der Waals surface area contributed by atoms with Gasteiger partial charge in [-0.15, -0.1) is 0 Å². The molecule has 1 aliphatic rings. The monoisotopic (exact) mass is 228 g/mol. The Hall–Kier alpha value is -1.67. The summed E-state index contributed by atoms with van der Waals surface area (Å²) in [7, 11) is 1.55. The fraction of sp³-hybridized carbons (Fsp3) is 0.267. The zero-order chi connectivity index (χ0) is 12.3. The van der Waals surface area contributed by atoms with E-state index in [-0.39, 0.29) is 11.7 Å². The zero-order valence-electron chi connectivity index (χ0n) is 10.1. The normalized spacial score (nSPS) is 27.1. The molecule has 2 heteroatoms. The van der Waals surface area contributed by atoms with Crippen molar-refractivity contribution in [2.24, 2.45) is 0 Å². The molecule has 0 amide bonds. The van der Waals surface area contributed by atoms with Crippen LogP contribution in [0.25, 0.3) is 0 Å². The van der Waals surface area contributed by atoms with Crippen molar-refractivity contribution in [3.63, 3.8) is 0 Å². The summed E-state index contributed by atoms with van der Waals surface area (Å²) in [6.07, 6.45) is 7.71. The van der Waals surface area contributed by atoms with E-state index in [1.807, 2.05) is 42.5 Å². The highest BCUT2D eigenvalue weighted by Gasteiger charge is 2.31. The third kappa shape index (κ3) is 2.22. The van der Waals surface area contributed by atoms with Crippen LogP contribution >= 0.6 is 0 Å². The second kappa shape index (κ2) is 4.68. The van der Waals surface area contributed by atoms with Gasteiger partial charge in [0.1, 0.15) is 0 Å². The van der Waals surface area contributed by atoms with E-state index in [1.54, 1.807) is 14.0 Å². The number of benzene rings is 1. The molecule has 0 atom stereocenters. The van der Waals surface area contributed by atoms with Gasteiger partial charge in [-0.2, -0.15) is 0 Å². The van der Waals surface area contributed by atoms with Gasteiger partial charge in [-0.1, -0.05) is 42.5 Å². The predicted molar refractivity (Wildman–Crippen MR) is 67.9 cm³/mol. The number of carbonyl (C=O) groups is 1. The van der Waals surface area contributed by atoms with Gasteiger partial charge in [0, 0.05) is 13.0 Å². The highest BCUT2D eigenvalue weighted by molar-refractivity contribution is 5.90. The lowest BCUT2D eigenvalue weighted by Gasteiger charge is -2.27. The molecule has 0 aromatic heterocycles. The Morgan fingerprint density at radius 3 is 2.24 bits per heavy atom. The molecule has 0 heterocycles. The van der Waals surface area contributed by atoms with E-state index >= 15 is 0 Å². The van der Waals surface area contributed by atoms with Gasteiger partial charge in [0.2, 0.25) is 0 Å². The van der Waals surface area contributed by atoms with Gasteiger partial charge in [-0.25, -0.2) is 0 Å². The van der Waals surface area contributed by atoms with E-state index in [2.05, 4.69) is 12.1 Å². The van der Waals surface area contributed by atoms with Crippen LogP contribution in [0.2, 0.25) is 0 Å². The number of ether oxygens (including phenoxy) is 1. The molecule has 1 aliphatic carbocycles. The number of allylic oxidation sites excluding steroid dienone is 2. The summed E-state index contributed by atoms with van der Waals surface area (Å²) < 4.78 is 5.30. The Balaban J connectivity index is 2.24. The number of hydrogen-bond acceptors (Lipinski definition) is 2. The summed E-state index contributed by atoms with van der Waals surface area (Å²) >= 11 is 0. The molecule has 17 heavy (non-hydrogen) atoms. The number of carbonyl (C=O) groups excluding carboxylic acids is 1. The second-order valence-electron chi connectivity index (χ2n) is 4.21. The fourth-order valence-electron chi connectivity index (χ4n) is 2.02. The van der Waals surface area contributed by atoms with Crippen LogP contribution in [0.5, 0.6) is 0 Å². The van der Waals surface area contributed by atoms with Crippen molar-refractivity contribution in [3.05, 3.63) is 60.2 Å². The van der Waals surface area contributed by atoms with Crippen LogP contribution in [0.1, 0.15) is 18.4 Å². The first-order chi connectivity index (χ1) is 8.18. The Morgan fingerprint density at radius 2 is 1.76 bits per heavy atom. The first kappa shape index (κ1) is 11.8. The average Bonchev–Trinajstić information content (AvgIpc) is 2.39. The minimum atomic E-state index is -0.870. The summed E-state index contributed by atoms with van der Waals surface area (Å²) in [5.41, 5.74) is 0.346. The molecule has 0 bridgehead atoms. The molecule has 0 spiro atoms. The second-order valence-corrected chi connectivity index (χ2v) is 4.21. The Kier molecular flexibility index (Phi) is 3.25. The van der Waals surface area contributed by atoms with E-state index < -0.39 is 5.60 Å². The summed E-state index contributed by atoms with van der Waals surface area (Å²) in [4.78, 5) is 11.6. The van der Waals surface area contributed by atoms with Gasteiger partial charge in [0.25, 0.3) is 0 Å². The fourth-order valence-corrected chi connectivity index (χ4v) is 2.02. The Labute approximate surface area is 102 Å². The van der Waals surface area contributed by atoms with Crippen molar-refractivity contribution >= 4 is 5.78 Å². The summed E-state index contributed by atoms with van der Waals surface area (Å²) in [6.45, 7) is 1.54. The smallest absolute Gasteiger partial charge is 0.169 e. The highest BCUT2D eigenvalue weighted by atomic mass is 16.5. The van der Waals surface area contributed by atoms with Crippen molar-refractivity contribution in [1.82, 2.24) is 0 Å². The van der Waals surface area contributed by atoms with Gasteiger partial charge in [-0.05, 0) is 24.6 Å². The van der Waals surface area contributed by atoms with Crippen LogP contribution in [0.15, 0.2) is 54.6 Å². The van der Waals surface area contributed by atoms with Crippen molar-refractivity contribution in [3.8, 4) is 0 Å². The highest BCUT2D eigenvalue weighted by Crippen LogP contribution is 2.28. The lowest BCUT2D eigenvalue weighted by molar-refractivity contribution is -0.129. The molecule has 1 aromatic rings. The maximum Gasteiger partial charge on any atom is 0.169 e. The van der Waals surface area contributed by atoms with Crippen LogP contribution < -0.4 is 0 Å². The number of ketones is 1. The SMILES string of the molecule is COC1(C(C)=O)C=CC(c2ccccc2)C=C1. The zero-order valence-corrected chi connectivity index (χ0v) is 10.1. The van der Waals surface area contributed by atoms with Crippen LogP contribution in [-0.4, -0.2) is 18.5 Å². The van der Waals surface area contributed by atoms with Gasteiger partial charge < -0.3 is 4.74 Å². The third-order valence-corrected chi connectivity index (χ3v) is 3.17. The van der Waals surface area contributed by atoms with Crippen molar-refractivity contribution in [2.45, 2.75) is 18.4 Å². The summed E-state index contributed by atoms with van der Waals surface area (Å²) in [6, 6.07) is 10.2. The van der Waals surface area contributed by atoms with E-state index in [0.717, 1.165) is 0 Å². The van der Waals surface area contributed by atoms with E-state index in [9.17, 15) is 4.79 Å². The van der Waals surface area contributed by atoms with Crippen LogP contribution in [0, 0.1) is 0 Å².